The number of thiocarbonyl (C=S) groups is 1. The number of nitrogens with zero attached hydrogens (tertiary/aromatic N) is 1. The molecule has 1 atom stereocenters. The highest BCUT2D eigenvalue weighted by Crippen LogP contribution is 2.24. The minimum atomic E-state index is 0.0294. The molecule has 1 aliphatic carbocycles. The monoisotopic (exact) mass is 168 g/mol. The second-order valence-corrected chi connectivity index (χ2v) is 3.23. The van der Waals surface area contributed by atoms with Gasteiger partial charge in [0.25, 0.3) is 0 Å². The summed E-state index contributed by atoms with van der Waals surface area (Å²) < 4.78 is 0. The van der Waals surface area contributed by atoms with Crippen molar-refractivity contribution in [3.63, 3.8) is 0 Å². The van der Waals surface area contributed by atoms with Gasteiger partial charge in [-0.15, -0.1) is 0 Å². The highest BCUT2D eigenvalue weighted by atomic mass is 32.1. The second-order valence-electron chi connectivity index (χ2n) is 2.84. The van der Waals surface area contributed by atoms with Crippen molar-refractivity contribution >= 4 is 28.9 Å². The summed E-state index contributed by atoms with van der Waals surface area (Å²) in [6.07, 6.45) is 2.95. The number of hydrogen-bond donors (Lipinski definition) is 1. The quantitative estimate of drug-likeness (QED) is 0.539. The maximum atomic E-state index is 11.2. The summed E-state index contributed by atoms with van der Waals surface area (Å²) in [6.45, 7) is 0. The van der Waals surface area contributed by atoms with Crippen LogP contribution in [0.25, 0.3) is 0 Å². The van der Waals surface area contributed by atoms with Gasteiger partial charge in [0.2, 0.25) is 5.91 Å². The van der Waals surface area contributed by atoms with Crippen molar-refractivity contribution < 1.29 is 4.79 Å². The molecule has 1 saturated carbocycles. The summed E-state index contributed by atoms with van der Waals surface area (Å²) in [7, 11) is 0. The number of carbonyl (C=O) groups excluding carboxylic acids is 1. The molecule has 2 rings (SSSR count). The summed E-state index contributed by atoms with van der Waals surface area (Å²) in [5.41, 5.74) is 0.985. The van der Waals surface area contributed by atoms with Crippen molar-refractivity contribution in [3.05, 3.63) is 0 Å². The minimum Gasteiger partial charge on any atom is -0.301 e. The molecule has 4 heteroatoms. The lowest BCUT2D eigenvalue weighted by atomic mass is 10.1. The molecule has 1 fully saturated rings. The fourth-order valence-corrected chi connectivity index (χ4v) is 1.81. The Morgan fingerprint density at radius 2 is 2.45 bits per heavy atom. The van der Waals surface area contributed by atoms with Crippen molar-refractivity contribution in [2.75, 3.05) is 0 Å². The van der Waals surface area contributed by atoms with Crippen molar-refractivity contribution in [2.24, 2.45) is 10.9 Å². The first kappa shape index (κ1) is 6.91. The SMILES string of the molecule is O=C1NC(=S)N=C2CCCC12. The number of amides is 1. The van der Waals surface area contributed by atoms with Crippen LogP contribution in [0.2, 0.25) is 0 Å². The van der Waals surface area contributed by atoms with Crippen LogP contribution in [-0.2, 0) is 4.79 Å². The van der Waals surface area contributed by atoms with Gasteiger partial charge in [-0.1, -0.05) is 0 Å². The summed E-state index contributed by atoms with van der Waals surface area (Å²) in [4.78, 5) is 15.3. The molecule has 0 bridgehead atoms. The van der Waals surface area contributed by atoms with Gasteiger partial charge in [-0.25, -0.2) is 4.99 Å². The number of nitrogens with one attached hydrogen (secondary N) is 1. The Bertz CT molecular complexity index is 259. The Morgan fingerprint density at radius 1 is 1.64 bits per heavy atom. The molecule has 1 unspecified atom stereocenters. The molecule has 1 N–H and O–H groups in total. The highest BCUT2D eigenvalue weighted by Gasteiger charge is 2.32. The molecular formula is C7H8N2OS. The fourth-order valence-electron chi connectivity index (χ4n) is 1.60. The lowest BCUT2D eigenvalue weighted by molar-refractivity contribution is -0.121. The van der Waals surface area contributed by atoms with E-state index in [0.29, 0.717) is 5.11 Å². The molecule has 58 valence electrons. The van der Waals surface area contributed by atoms with Crippen molar-refractivity contribution in [3.8, 4) is 0 Å². The molecule has 0 aromatic carbocycles. The maximum Gasteiger partial charge on any atom is 0.234 e. The van der Waals surface area contributed by atoms with Crippen LogP contribution in [0.5, 0.6) is 0 Å². The summed E-state index contributed by atoms with van der Waals surface area (Å²) >= 11 is 4.79. The lowest BCUT2D eigenvalue weighted by Gasteiger charge is -2.15. The molecular weight excluding hydrogens is 160 g/mol. The maximum absolute atomic E-state index is 11.2. The van der Waals surface area contributed by atoms with Crippen LogP contribution < -0.4 is 5.32 Å². The van der Waals surface area contributed by atoms with Gasteiger partial charge in [-0.3, -0.25) is 4.79 Å². The third kappa shape index (κ3) is 1.07. The first-order valence-corrected chi connectivity index (χ1v) is 4.10. The molecule has 2 aliphatic rings. The average Bonchev–Trinajstić information content (AvgIpc) is 2.34. The molecule has 1 heterocycles. The molecule has 0 aromatic heterocycles. The summed E-state index contributed by atoms with van der Waals surface area (Å²) in [5.74, 6) is 0.0687. The van der Waals surface area contributed by atoms with E-state index in [2.05, 4.69) is 10.3 Å². The van der Waals surface area contributed by atoms with Crippen LogP contribution in [0.1, 0.15) is 19.3 Å². The Kier molecular flexibility index (Phi) is 1.49. The van der Waals surface area contributed by atoms with Gasteiger partial charge in [-0.2, -0.15) is 0 Å². The molecule has 3 nitrogen and oxygen atoms in total. The molecule has 11 heavy (non-hydrogen) atoms. The van der Waals surface area contributed by atoms with Gasteiger partial charge in [0, 0.05) is 5.71 Å². The van der Waals surface area contributed by atoms with Crippen molar-refractivity contribution in [1.82, 2.24) is 5.32 Å². The predicted octanol–water partition coefficient (Wildman–Crippen LogP) is 0.642. The van der Waals surface area contributed by atoms with Gasteiger partial charge in [0.15, 0.2) is 5.11 Å². The zero-order chi connectivity index (χ0) is 7.84. The summed E-state index contributed by atoms with van der Waals surface area (Å²) in [6, 6.07) is 0. The first-order valence-electron chi connectivity index (χ1n) is 3.69. The zero-order valence-electron chi connectivity index (χ0n) is 5.96. The molecule has 1 amide bonds. The minimum absolute atomic E-state index is 0.0294. The van der Waals surface area contributed by atoms with Crippen molar-refractivity contribution in [2.45, 2.75) is 19.3 Å². The Hall–Kier alpha value is -0.770. The summed E-state index contributed by atoms with van der Waals surface area (Å²) in [5, 5.41) is 2.89. The van der Waals surface area contributed by atoms with Gasteiger partial charge >= 0.3 is 0 Å². The predicted molar refractivity (Wildman–Crippen MR) is 45.5 cm³/mol. The molecule has 0 saturated heterocycles. The molecule has 0 aromatic rings. The van der Waals surface area contributed by atoms with E-state index >= 15 is 0 Å². The Balaban J connectivity index is 2.34. The average molecular weight is 168 g/mol. The van der Waals surface area contributed by atoms with E-state index in [-0.39, 0.29) is 11.8 Å². The molecule has 1 aliphatic heterocycles. The van der Waals surface area contributed by atoms with E-state index in [1.807, 2.05) is 0 Å². The van der Waals surface area contributed by atoms with Crippen LogP contribution in [0.4, 0.5) is 0 Å². The third-order valence-electron chi connectivity index (χ3n) is 2.12. The topological polar surface area (TPSA) is 41.5 Å². The van der Waals surface area contributed by atoms with E-state index < -0.39 is 0 Å². The number of aliphatic imine (C=N–C) groups is 1. The smallest absolute Gasteiger partial charge is 0.234 e. The van der Waals surface area contributed by atoms with Crippen LogP contribution in [0.3, 0.4) is 0 Å². The Labute approximate surface area is 69.9 Å². The van der Waals surface area contributed by atoms with E-state index in [4.69, 9.17) is 12.2 Å². The van der Waals surface area contributed by atoms with Crippen LogP contribution in [0, 0.1) is 5.92 Å². The number of fused-ring (bicyclic) bond motifs is 1. The zero-order valence-corrected chi connectivity index (χ0v) is 6.78. The standard InChI is InChI=1S/C7H8N2OS/c10-6-4-2-1-3-5(4)8-7(11)9-6/h4H,1-3H2,(H,9,10,11). The van der Waals surface area contributed by atoms with Crippen LogP contribution in [-0.4, -0.2) is 16.7 Å². The fraction of sp³-hybridized carbons (Fsp3) is 0.571. The largest absolute Gasteiger partial charge is 0.301 e. The molecule has 0 radical (unpaired) electrons. The third-order valence-corrected chi connectivity index (χ3v) is 2.31. The van der Waals surface area contributed by atoms with E-state index in [1.54, 1.807) is 0 Å². The van der Waals surface area contributed by atoms with Gasteiger partial charge in [0.1, 0.15) is 0 Å². The van der Waals surface area contributed by atoms with Crippen molar-refractivity contribution in [1.29, 1.82) is 0 Å². The first-order chi connectivity index (χ1) is 5.27. The molecule has 0 spiro atoms. The van der Waals surface area contributed by atoms with E-state index in [0.717, 1.165) is 25.0 Å². The van der Waals surface area contributed by atoms with Gasteiger partial charge in [0.05, 0.1) is 5.92 Å². The number of hydrogen-bond acceptors (Lipinski definition) is 2. The van der Waals surface area contributed by atoms with E-state index in [9.17, 15) is 4.79 Å². The van der Waals surface area contributed by atoms with Crippen LogP contribution >= 0.6 is 12.2 Å². The number of rotatable bonds is 0. The van der Waals surface area contributed by atoms with Gasteiger partial charge < -0.3 is 5.32 Å². The lowest BCUT2D eigenvalue weighted by Crippen LogP contribution is -2.40. The van der Waals surface area contributed by atoms with Gasteiger partial charge in [-0.05, 0) is 31.5 Å². The Morgan fingerprint density at radius 3 is 3.27 bits per heavy atom. The normalized spacial score (nSPS) is 29.5. The number of carbonyl (C=O) groups is 1. The second kappa shape index (κ2) is 2.37. The van der Waals surface area contributed by atoms with Crippen LogP contribution in [0.15, 0.2) is 4.99 Å². The highest BCUT2D eigenvalue weighted by molar-refractivity contribution is 7.80. The van der Waals surface area contributed by atoms with E-state index in [1.165, 1.54) is 0 Å².